The fourth-order valence-corrected chi connectivity index (χ4v) is 3.86. The Morgan fingerprint density at radius 3 is 2.58 bits per heavy atom. The number of likely N-dealkylation sites (tertiary alicyclic amines) is 1. The fraction of sp³-hybridized carbons (Fsp3) is 0.429. The van der Waals surface area contributed by atoms with E-state index in [9.17, 15) is 13.9 Å². The molecule has 0 bridgehead atoms. The third-order valence-electron chi connectivity index (χ3n) is 5.39. The van der Waals surface area contributed by atoms with Crippen molar-refractivity contribution in [2.24, 2.45) is 0 Å². The topological polar surface area (TPSA) is 63.6 Å². The second kappa shape index (κ2) is 8.01. The van der Waals surface area contributed by atoms with Crippen LogP contribution in [-0.2, 0) is 22.4 Å². The lowest BCUT2D eigenvalue weighted by Gasteiger charge is -2.26. The smallest absolute Gasteiger partial charge is 0.149 e. The van der Waals surface area contributed by atoms with E-state index < -0.39 is 16.0 Å². The van der Waals surface area contributed by atoms with Crippen LogP contribution >= 0.6 is 0 Å². The molecule has 1 aliphatic heterocycles. The maximum atomic E-state index is 11.3. The molecule has 1 aliphatic rings. The zero-order valence-electron chi connectivity index (χ0n) is 15.4. The van der Waals surface area contributed by atoms with Crippen molar-refractivity contribution in [3.63, 3.8) is 0 Å². The number of aliphatic hydroxyl groups is 1. The molecule has 5 heteroatoms. The summed E-state index contributed by atoms with van der Waals surface area (Å²) in [4.78, 5) is 0.658. The zero-order valence-corrected chi connectivity index (χ0v) is 16.2. The predicted molar refractivity (Wildman–Crippen MR) is 104 cm³/mol. The Hall–Kier alpha value is -1.53. The maximum Gasteiger partial charge on any atom is 0.149 e. The van der Waals surface area contributed by atoms with E-state index in [2.05, 4.69) is 36.1 Å². The number of hydrogen-bond acceptors (Lipinski definition) is 4. The van der Waals surface area contributed by atoms with Crippen LogP contribution in [0.4, 0.5) is 0 Å². The average Bonchev–Trinajstić information content (AvgIpc) is 3.05. The summed E-state index contributed by atoms with van der Waals surface area (Å²) < 4.78 is 22.5. The van der Waals surface area contributed by atoms with Crippen LogP contribution in [0.25, 0.3) is 11.1 Å². The Balaban J connectivity index is 1.71. The Morgan fingerprint density at radius 2 is 1.96 bits per heavy atom. The Morgan fingerprint density at radius 1 is 1.23 bits per heavy atom. The molecule has 4 nitrogen and oxygen atoms in total. The fourth-order valence-electron chi connectivity index (χ4n) is 3.55. The molecule has 0 amide bonds. The van der Waals surface area contributed by atoms with E-state index in [-0.39, 0.29) is 0 Å². The van der Waals surface area contributed by atoms with Gasteiger partial charge in [-0.2, -0.15) is 0 Å². The van der Waals surface area contributed by atoms with Crippen LogP contribution in [0.3, 0.4) is 0 Å². The molecule has 26 heavy (non-hydrogen) atoms. The van der Waals surface area contributed by atoms with Crippen molar-refractivity contribution >= 4 is 11.1 Å². The largest absolute Gasteiger partial charge is 0.770 e. The van der Waals surface area contributed by atoms with Gasteiger partial charge in [-0.25, -0.2) is 0 Å². The molecule has 140 valence electrons. The minimum Gasteiger partial charge on any atom is -0.770 e. The summed E-state index contributed by atoms with van der Waals surface area (Å²) in [5.41, 5.74) is 3.58. The van der Waals surface area contributed by atoms with Gasteiger partial charge in [0, 0.05) is 12.6 Å². The lowest BCUT2D eigenvalue weighted by atomic mass is 9.99. The zero-order chi connectivity index (χ0) is 18.7. The minimum absolute atomic E-state index is 0.371. The highest BCUT2D eigenvalue weighted by atomic mass is 32.2. The second-order valence-corrected chi connectivity index (χ2v) is 8.54. The Labute approximate surface area is 158 Å². The number of hydrogen-bond donors (Lipinski definition) is 1. The van der Waals surface area contributed by atoms with Crippen molar-refractivity contribution < 1.29 is 13.9 Å². The third-order valence-corrected chi connectivity index (χ3v) is 6.27. The van der Waals surface area contributed by atoms with Crippen molar-refractivity contribution in [2.45, 2.75) is 44.1 Å². The molecule has 0 aromatic heterocycles. The van der Waals surface area contributed by atoms with E-state index >= 15 is 0 Å². The van der Waals surface area contributed by atoms with Gasteiger partial charge in [0.05, 0.1) is 0 Å². The number of nitrogens with zero attached hydrogens (tertiary/aromatic N) is 1. The normalized spacial score (nSPS) is 21.5. The Kier molecular flexibility index (Phi) is 5.92. The van der Waals surface area contributed by atoms with Crippen LogP contribution in [0.1, 0.15) is 37.8 Å². The highest BCUT2D eigenvalue weighted by molar-refractivity contribution is 7.80. The van der Waals surface area contributed by atoms with E-state index in [0.717, 1.165) is 24.1 Å². The van der Waals surface area contributed by atoms with Crippen molar-refractivity contribution in [1.82, 2.24) is 4.90 Å². The van der Waals surface area contributed by atoms with Crippen LogP contribution < -0.4 is 0 Å². The molecular formula is C21H26NO3S-. The molecule has 1 fully saturated rings. The van der Waals surface area contributed by atoms with Crippen molar-refractivity contribution in [2.75, 3.05) is 13.1 Å². The second-order valence-electron chi connectivity index (χ2n) is 7.27. The summed E-state index contributed by atoms with van der Waals surface area (Å²) in [6, 6.07) is 16.1. The molecule has 3 atom stereocenters. The van der Waals surface area contributed by atoms with E-state index in [1.54, 1.807) is 18.2 Å². The van der Waals surface area contributed by atoms with Crippen LogP contribution in [0, 0.1) is 0 Å². The standard InChI is InChI=1S/C21H27NO3S/c1-16-5-4-13-22(16)14-12-17-8-10-18(11-9-17)19-6-3-7-20(15-19)21(2,23)26(24)25/h3,6-11,15-16,23H,4-5,12-14H2,1-2H3,(H,24,25)/p-1/t16-,21?/m1/s1. The summed E-state index contributed by atoms with van der Waals surface area (Å²) in [5.74, 6) is 0. The summed E-state index contributed by atoms with van der Waals surface area (Å²) in [6.45, 7) is 5.88. The highest BCUT2D eigenvalue weighted by Crippen LogP contribution is 2.28. The van der Waals surface area contributed by atoms with Gasteiger partial charge in [-0.3, -0.25) is 4.21 Å². The highest BCUT2D eigenvalue weighted by Gasteiger charge is 2.24. The van der Waals surface area contributed by atoms with Crippen molar-refractivity contribution in [3.8, 4) is 11.1 Å². The summed E-state index contributed by atoms with van der Waals surface area (Å²) in [7, 11) is 0. The molecule has 3 rings (SSSR count). The summed E-state index contributed by atoms with van der Waals surface area (Å²) in [5, 5.41) is 10.2. The molecule has 2 unspecified atom stereocenters. The molecule has 1 heterocycles. The van der Waals surface area contributed by atoms with Crippen LogP contribution in [0.15, 0.2) is 48.5 Å². The molecule has 0 saturated carbocycles. The molecule has 1 N–H and O–H groups in total. The van der Waals surface area contributed by atoms with Crippen LogP contribution in [-0.4, -0.2) is 37.9 Å². The van der Waals surface area contributed by atoms with Gasteiger partial charge in [-0.15, -0.1) is 0 Å². The molecule has 2 aromatic rings. The van der Waals surface area contributed by atoms with Gasteiger partial charge in [0.2, 0.25) is 0 Å². The van der Waals surface area contributed by atoms with Crippen LogP contribution in [0.2, 0.25) is 0 Å². The molecule has 2 aromatic carbocycles. The number of rotatable bonds is 6. The monoisotopic (exact) mass is 372 g/mol. The lowest BCUT2D eigenvalue weighted by molar-refractivity contribution is 0.141. The molecule has 0 aliphatic carbocycles. The van der Waals surface area contributed by atoms with E-state index in [1.807, 2.05) is 6.07 Å². The first-order valence-corrected chi connectivity index (χ1v) is 10.2. The van der Waals surface area contributed by atoms with Gasteiger partial charge < -0.3 is 14.6 Å². The Bertz CT molecular complexity index is 773. The minimum atomic E-state index is -2.60. The summed E-state index contributed by atoms with van der Waals surface area (Å²) >= 11 is -2.60. The number of benzene rings is 2. The summed E-state index contributed by atoms with van der Waals surface area (Å²) in [6.07, 6.45) is 3.64. The molecule has 0 radical (unpaired) electrons. The maximum absolute atomic E-state index is 11.3. The van der Waals surface area contributed by atoms with Crippen molar-refractivity contribution in [3.05, 3.63) is 59.7 Å². The van der Waals surface area contributed by atoms with Crippen molar-refractivity contribution in [1.29, 1.82) is 0 Å². The SMILES string of the molecule is C[C@@H]1CCCN1CCc1ccc(-c2cccc(C(C)(O)S(=O)[O-])c2)cc1. The van der Waals surface area contributed by atoms with Gasteiger partial charge in [-0.1, -0.05) is 42.5 Å². The van der Waals surface area contributed by atoms with Gasteiger partial charge in [-0.05, 0) is 79.1 Å². The quantitative estimate of drug-likeness (QED) is 0.789. The molecule has 0 spiro atoms. The molecule has 1 saturated heterocycles. The van der Waals surface area contributed by atoms with Crippen LogP contribution in [0.5, 0.6) is 0 Å². The first kappa shape index (κ1) is 19.2. The third kappa shape index (κ3) is 4.23. The first-order chi connectivity index (χ1) is 12.4. The lowest BCUT2D eigenvalue weighted by Crippen LogP contribution is -2.28. The average molecular weight is 373 g/mol. The predicted octanol–water partition coefficient (Wildman–Crippen LogP) is 3.42. The van der Waals surface area contributed by atoms with E-state index in [4.69, 9.17) is 0 Å². The van der Waals surface area contributed by atoms with Gasteiger partial charge in [0.15, 0.2) is 0 Å². The van der Waals surface area contributed by atoms with Gasteiger partial charge in [0.1, 0.15) is 4.93 Å². The van der Waals surface area contributed by atoms with Gasteiger partial charge in [0.25, 0.3) is 0 Å². The first-order valence-electron chi connectivity index (χ1n) is 9.13. The molecular weight excluding hydrogens is 346 g/mol. The van der Waals surface area contributed by atoms with E-state index in [0.29, 0.717) is 11.6 Å². The van der Waals surface area contributed by atoms with E-state index in [1.165, 1.54) is 31.9 Å². The van der Waals surface area contributed by atoms with Gasteiger partial charge >= 0.3 is 0 Å².